The van der Waals surface area contributed by atoms with Gasteiger partial charge in [-0.1, -0.05) is 18.2 Å². The number of carbonyl (C=O) groups is 1. The highest BCUT2D eigenvalue weighted by Crippen LogP contribution is 2.43. The van der Waals surface area contributed by atoms with Gasteiger partial charge in [0.05, 0.1) is 43.8 Å². The molecular formula is C23H29NO5. The van der Waals surface area contributed by atoms with Gasteiger partial charge in [0.2, 0.25) is 0 Å². The average molecular weight is 399 g/mol. The van der Waals surface area contributed by atoms with Crippen molar-refractivity contribution in [1.29, 1.82) is 0 Å². The Morgan fingerprint density at radius 2 is 2.07 bits per heavy atom. The summed E-state index contributed by atoms with van der Waals surface area (Å²) < 4.78 is 23.7. The molecule has 6 nitrogen and oxygen atoms in total. The standard InChI is InChI=1S/C23H29NO5/c1-26-20-7-3-2-6-16(20)19-13-28-23-17(22(19)25)8-9-21-18(23)12-24(14-29-21)11-15-5-4-10-27-15/h2-3,6-7,13,15,17-18,21,23H,4-5,8-12,14H2,1H3. The second-order valence-electron chi connectivity index (χ2n) is 8.55. The fourth-order valence-electron chi connectivity index (χ4n) is 5.36. The van der Waals surface area contributed by atoms with Crippen LogP contribution in [0.3, 0.4) is 0 Å². The molecule has 5 atom stereocenters. The van der Waals surface area contributed by atoms with Crippen LogP contribution in [-0.2, 0) is 19.0 Å². The number of hydrogen-bond donors (Lipinski definition) is 0. The summed E-state index contributed by atoms with van der Waals surface area (Å²) in [6.45, 7) is 3.31. The molecule has 0 bridgehead atoms. The number of rotatable bonds is 4. The maximum atomic E-state index is 13.4. The molecule has 0 N–H and O–H groups in total. The van der Waals surface area contributed by atoms with Crippen molar-refractivity contribution in [3.05, 3.63) is 36.1 Å². The van der Waals surface area contributed by atoms with Gasteiger partial charge in [-0.2, -0.15) is 0 Å². The molecular weight excluding hydrogens is 370 g/mol. The van der Waals surface area contributed by atoms with E-state index >= 15 is 0 Å². The second-order valence-corrected chi connectivity index (χ2v) is 8.55. The van der Waals surface area contributed by atoms with Gasteiger partial charge in [-0.3, -0.25) is 9.69 Å². The molecule has 0 spiro atoms. The minimum atomic E-state index is -0.119. The van der Waals surface area contributed by atoms with E-state index in [0.29, 0.717) is 24.2 Å². The Balaban J connectivity index is 1.34. The van der Waals surface area contributed by atoms with Gasteiger partial charge in [-0.15, -0.1) is 0 Å². The lowest BCUT2D eigenvalue weighted by Gasteiger charge is -2.48. The number of para-hydroxylation sites is 1. The van der Waals surface area contributed by atoms with Crippen LogP contribution in [0.15, 0.2) is 30.5 Å². The van der Waals surface area contributed by atoms with Gasteiger partial charge in [-0.05, 0) is 31.7 Å². The molecule has 3 fully saturated rings. The van der Waals surface area contributed by atoms with Crippen molar-refractivity contribution < 1.29 is 23.7 Å². The Hall–Kier alpha value is -1.89. The summed E-state index contributed by atoms with van der Waals surface area (Å²) in [5.41, 5.74) is 1.43. The molecule has 5 unspecified atom stereocenters. The molecule has 3 heterocycles. The number of allylic oxidation sites excluding steroid dienone is 1. The van der Waals surface area contributed by atoms with Crippen LogP contribution in [0, 0.1) is 11.8 Å². The molecule has 5 rings (SSSR count). The van der Waals surface area contributed by atoms with Gasteiger partial charge in [0.25, 0.3) is 0 Å². The van der Waals surface area contributed by atoms with Crippen LogP contribution in [0.1, 0.15) is 31.2 Å². The summed E-state index contributed by atoms with van der Waals surface area (Å²) in [4.78, 5) is 15.7. The highest BCUT2D eigenvalue weighted by atomic mass is 16.5. The van der Waals surface area contributed by atoms with Crippen molar-refractivity contribution in [3.8, 4) is 5.75 Å². The summed E-state index contributed by atoms with van der Waals surface area (Å²) in [6.07, 6.45) is 6.00. The zero-order valence-corrected chi connectivity index (χ0v) is 16.9. The first-order chi connectivity index (χ1) is 14.2. The number of methoxy groups -OCH3 is 1. The van der Waals surface area contributed by atoms with Crippen molar-refractivity contribution in [3.63, 3.8) is 0 Å². The Bertz CT molecular complexity index is 787. The van der Waals surface area contributed by atoms with Crippen molar-refractivity contribution in [2.24, 2.45) is 11.8 Å². The molecule has 1 aromatic carbocycles. The number of ketones is 1. The van der Waals surface area contributed by atoms with E-state index in [1.54, 1.807) is 13.4 Å². The normalized spacial score (nSPS) is 34.7. The Morgan fingerprint density at radius 1 is 1.17 bits per heavy atom. The smallest absolute Gasteiger partial charge is 0.173 e. The van der Waals surface area contributed by atoms with Crippen LogP contribution in [-0.4, -0.2) is 62.5 Å². The minimum absolute atomic E-state index is 0.118. The largest absolute Gasteiger partial charge is 0.496 e. The maximum absolute atomic E-state index is 13.4. The number of carbonyl (C=O) groups excluding carboxylic acids is 1. The van der Waals surface area contributed by atoms with Crippen LogP contribution >= 0.6 is 0 Å². The molecule has 156 valence electrons. The van der Waals surface area contributed by atoms with Crippen molar-refractivity contribution in [2.75, 3.05) is 33.5 Å². The van der Waals surface area contributed by atoms with E-state index in [1.807, 2.05) is 24.3 Å². The first kappa shape index (κ1) is 19.1. The number of fused-ring (bicyclic) bond motifs is 3. The van der Waals surface area contributed by atoms with E-state index in [2.05, 4.69) is 4.90 Å². The quantitative estimate of drug-likeness (QED) is 0.776. The van der Waals surface area contributed by atoms with Crippen molar-refractivity contribution in [2.45, 2.75) is 44.0 Å². The lowest BCUT2D eigenvalue weighted by Crippen LogP contribution is -2.57. The lowest BCUT2D eigenvalue weighted by molar-refractivity contribution is -0.173. The van der Waals surface area contributed by atoms with E-state index in [1.165, 1.54) is 0 Å². The first-order valence-electron chi connectivity index (χ1n) is 10.7. The van der Waals surface area contributed by atoms with E-state index in [-0.39, 0.29) is 29.8 Å². The third-order valence-electron chi connectivity index (χ3n) is 6.83. The van der Waals surface area contributed by atoms with E-state index in [9.17, 15) is 4.79 Å². The van der Waals surface area contributed by atoms with Crippen molar-refractivity contribution >= 4 is 11.4 Å². The molecule has 0 aromatic heterocycles. The summed E-state index contributed by atoms with van der Waals surface area (Å²) >= 11 is 0. The number of Topliss-reactive ketones (excluding diaryl/α,β-unsaturated/α-hetero) is 1. The van der Waals surface area contributed by atoms with Gasteiger partial charge in [0.1, 0.15) is 11.9 Å². The van der Waals surface area contributed by atoms with Crippen molar-refractivity contribution in [1.82, 2.24) is 4.90 Å². The Morgan fingerprint density at radius 3 is 2.90 bits per heavy atom. The van der Waals surface area contributed by atoms with Gasteiger partial charge < -0.3 is 18.9 Å². The zero-order chi connectivity index (χ0) is 19.8. The van der Waals surface area contributed by atoms with Crippen LogP contribution in [0.2, 0.25) is 0 Å². The maximum Gasteiger partial charge on any atom is 0.173 e. The number of benzene rings is 1. The minimum Gasteiger partial charge on any atom is -0.496 e. The first-order valence-corrected chi connectivity index (χ1v) is 10.7. The topological polar surface area (TPSA) is 57.2 Å². The number of nitrogens with zero attached hydrogens (tertiary/aromatic N) is 1. The van der Waals surface area contributed by atoms with Crippen LogP contribution in [0.25, 0.3) is 5.57 Å². The summed E-state index contributed by atoms with van der Waals surface area (Å²) in [5, 5.41) is 0. The third-order valence-corrected chi connectivity index (χ3v) is 6.83. The molecule has 4 aliphatic rings. The molecule has 1 aromatic rings. The second kappa shape index (κ2) is 8.09. The highest BCUT2D eigenvalue weighted by Gasteiger charge is 2.49. The number of hydrogen-bond acceptors (Lipinski definition) is 6. The van der Waals surface area contributed by atoms with Gasteiger partial charge in [-0.25, -0.2) is 0 Å². The number of ether oxygens (including phenoxy) is 4. The monoisotopic (exact) mass is 399 g/mol. The fraction of sp³-hybridized carbons (Fsp3) is 0.609. The molecule has 0 radical (unpaired) electrons. The van der Waals surface area contributed by atoms with Gasteiger partial charge in [0, 0.05) is 31.2 Å². The fourth-order valence-corrected chi connectivity index (χ4v) is 5.36. The Kier molecular flexibility index (Phi) is 5.33. The van der Waals surface area contributed by atoms with E-state index < -0.39 is 0 Å². The summed E-state index contributed by atoms with van der Waals surface area (Å²) in [5.74, 6) is 0.961. The average Bonchev–Trinajstić information content (AvgIpc) is 3.27. The molecule has 2 saturated heterocycles. The zero-order valence-electron chi connectivity index (χ0n) is 16.9. The lowest BCUT2D eigenvalue weighted by atomic mass is 9.71. The molecule has 29 heavy (non-hydrogen) atoms. The predicted octanol–water partition coefficient (Wildman–Crippen LogP) is 2.87. The molecule has 3 aliphatic heterocycles. The highest BCUT2D eigenvalue weighted by molar-refractivity contribution is 6.22. The molecule has 1 saturated carbocycles. The van der Waals surface area contributed by atoms with Crippen LogP contribution in [0.4, 0.5) is 0 Å². The van der Waals surface area contributed by atoms with Gasteiger partial charge in [0.15, 0.2) is 5.78 Å². The molecule has 1 aliphatic carbocycles. The van der Waals surface area contributed by atoms with Crippen LogP contribution < -0.4 is 4.74 Å². The SMILES string of the molecule is COc1ccccc1C1=COC2C(CCC3OCN(CC4CCCO4)CC32)C1=O. The van der Waals surface area contributed by atoms with E-state index in [4.69, 9.17) is 18.9 Å². The van der Waals surface area contributed by atoms with Crippen LogP contribution in [0.5, 0.6) is 5.75 Å². The predicted molar refractivity (Wildman–Crippen MR) is 107 cm³/mol. The molecule has 6 heteroatoms. The third kappa shape index (κ3) is 3.58. The Labute approximate surface area is 171 Å². The van der Waals surface area contributed by atoms with Gasteiger partial charge >= 0.3 is 0 Å². The summed E-state index contributed by atoms with van der Waals surface area (Å²) in [6, 6.07) is 7.63. The van der Waals surface area contributed by atoms with E-state index in [0.717, 1.165) is 50.9 Å². The molecule has 0 amide bonds. The summed E-state index contributed by atoms with van der Waals surface area (Å²) in [7, 11) is 1.63.